The van der Waals surface area contributed by atoms with Gasteiger partial charge in [-0.2, -0.15) is 0 Å². The Hall–Kier alpha value is -3.33. The fourth-order valence-corrected chi connectivity index (χ4v) is 2.82. The summed E-state index contributed by atoms with van der Waals surface area (Å²) in [5.74, 6) is -0.0543. The van der Waals surface area contributed by atoms with Crippen molar-refractivity contribution in [3.05, 3.63) is 80.0 Å². The van der Waals surface area contributed by atoms with Crippen LogP contribution in [0.15, 0.2) is 57.9 Å². The molecule has 0 aliphatic rings. The second-order valence-electron chi connectivity index (χ2n) is 5.94. The van der Waals surface area contributed by atoms with Crippen LogP contribution >= 0.6 is 11.6 Å². The molecule has 9 nitrogen and oxygen atoms in total. The van der Waals surface area contributed by atoms with Gasteiger partial charge in [-0.25, -0.2) is 28.1 Å². The SMILES string of the molecule is C=CCn1c(=O)n(CC=C)c(=O)n(CCC(=O)Nc2cc(Cl)ccc2OC)c1=O. The van der Waals surface area contributed by atoms with Gasteiger partial charge in [0.1, 0.15) is 5.75 Å². The van der Waals surface area contributed by atoms with E-state index in [0.29, 0.717) is 16.5 Å². The van der Waals surface area contributed by atoms with Gasteiger partial charge < -0.3 is 10.1 Å². The van der Waals surface area contributed by atoms with Crippen molar-refractivity contribution in [3.63, 3.8) is 0 Å². The van der Waals surface area contributed by atoms with E-state index in [1.165, 1.54) is 25.3 Å². The van der Waals surface area contributed by atoms with Crippen LogP contribution in [0.2, 0.25) is 5.02 Å². The lowest BCUT2D eigenvalue weighted by Gasteiger charge is -2.13. The summed E-state index contributed by atoms with van der Waals surface area (Å²) in [4.78, 5) is 49.8. The monoisotopic (exact) mass is 420 g/mol. The molecule has 2 rings (SSSR count). The zero-order chi connectivity index (χ0) is 21.6. The van der Waals surface area contributed by atoms with Crippen molar-refractivity contribution >= 4 is 23.2 Å². The fraction of sp³-hybridized carbons (Fsp3) is 0.263. The predicted molar refractivity (Wildman–Crippen MR) is 111 cm³/mol. The van der Waals surface area contributed by atoms with Crippen molar-refractivity contribution in [1.82, 2.24) is 13.7 Å². The Balaban J connectivity index is 2.31. The standard InChI is InChI=1S/C19H21ClN4O5/c1-4-9-22-17(26)23(10-5-2)19(28)24(18(22)27)11-8-16(25)21-14-12-13(20)6-7-15(14)29-3/h4-7,12H,1-2,8-11H2,3H3,(H,21,25). The van der Waals surface area contributed by atoms with E-state index in [-0.39, 0.29) is 26.1 Å². The third-order valence-electron chi connectivity index (χ3n) is 4.01. The normalized spacial score (nSPS) is 10.4. The highest BCUT2D eigenvalue weighted by Gasteiger charge is 2.16. The van der Waals surface area contributed by atoms with Crippen molar-refractivity contribution < 1.29 is 9.53 Å². The van der Waals surface area contributed by atoms with Crippen LogP contribution in [-0.4, -0.2) is 26.7 Å². The number of rotatable bonds is 9. The molecule has 29 heavy (non-hydrogen) atoms. The van der Waals surface area contributed by atoms with Gasteiger partial charge in [0, 0.05) is 18.0 Å². The second-order valence-corrected chi connectivity index (χ2v) is 6.38. The van der Waals surface area contributed by atoms with Crippen molar-refractivity contribution in [2.45, 2.75) is 26.1 Å². The number of hydrogen-bond donors (Lipinski definition) is 1. The summed E-state index contributed by atoms with van der Waals surface area (Å²) in [6.45, 7) is 6.66. The maximum atomic E-state index is 12.5. The number of halogens is 1. The van der Waals surface area contributed by atoms with E-state index in [2.05, 4.69) is 18.5 Å². The zero-order valence-corrected chi connectivity index (χ0v) is 16.6. The van der Waals surface area contributed by atoms with Gasteiger partial charge in [0.15, 0.2) is 0 Å². The minimum absolute atomic E-state index is 0.0685. The summed E-state index contributed by atoms with van der Waals surface area (Å²) in [6.07, 6.45) is 2.55. The molecule has 0 spiro atoms. The van der Waals surface area contributed by atoms with Crippen LogP contribution in [-0.2, 0) is 24.4 Å². The Labute approximate surface area is 171 Å². The summed E-state index contributed by atoms with van der Waals surface area (Å²) < 4.78 is 7.74. The van der Waals surface area contributed by atoms with Crippen molar-refractivity contribution in [1.29, 1.82) is 0 Å². The van der Waals surface area contributed by atoms with Crippen LogP contribution in [0.3, 0.4) is 0 Å². The predicted octanol–water partition coefficient (Wildman–Crippen LogP) is 1.23. The summed E-state index contributed by atoms with van der Waals surface area (Å²) in [5, 5.41) is 3.03. The number of ether oxygens (including phenoxy) is 1. The molecule has 0 atom stereocenters. The Bertz CT molecular complexity index is 1060. The molecule has 1 amide bonds. The van der Waals surface area contributed by atoms with Gasteiger partial charge in [0.2, 0.25) is 5.91 Å². The number of benzene rings is 1. The third-order valence-corrected chi connectivity index (χ3v) is 4.24. The van der Waals surface area contributed by atoms with Gasteiger partial charge in [0.25, 0.3) is 0 Å². The van der Waals surface area contributed by atoms with E-state index in [9.17, 15) is 19.2 Å². The van der Waals surface area contributed by atoms with E-state index in [1.807, 2.05) is 0 Å². The van der Waals surface area contributed by atoms with Gasteiger partial charge in [-0.15, -0.1) is 13.2 Å². The molecular formula is C19H21ClN4O5. The summed E-state index contributed by atoms with van der Waals surface area (Å²) in [5.41, 5.74) is -2.02. The molecule has 0 aliphatic heterocycles. The lowest BCUT2D eigenvalue weighted by molar-refractivity contribution is -0.116. The molecule has 0 radical (unpaired) electrons. The van der Waals surface area contributed by atoms with Crippen LogP contribution in [0.25, 0.3) is 0 Å². The number of methoxy groups -OCH3 is 1. The molecule has 1 N–H and O–H groups in total. The van der Waals surface area contributed by atoms with Gasteiger partial charge in [-0.3, -0.25) is 4.79 Å². The molecule has 1 aromatic heterocycles. The first-order valence-corrected chi connectivity index (χ1v) is 9.01. The third kappa shape index (κ3) is 4.94. The molecule has 0 saturated heterocycles. The Morgan fingerprint density at radius 1 is 1.07 bits per heavy atom. The van der Waals surface area contributed by atoms with Gasteiger partial charge in [0.05, 0.1) is 25.9 Å². The van der Waals surface area contributed by atoms with Crippen molar-refractivity contribution in [3.8, 4) is 5.75 Å². The number of hydrogen-bond acceptors (Lipinski definition) is 5. The Morgan fingerprint density at radius 3 is 2.14 bits per heavy atom. The number of amides is 1. The highest BCUT2D eigenvalue weighted by atomic mass is 35.5. The number of nitrogens with one attached hydrogen (secondary N) is 1. The lowest BCUT2D eigenvalue weighted by atomic mass is 10.2. The quantitative estimate of drug-likeness (QED) is 0.614. The molecule has 1 aromatic carbocycles. The van der Waals surface area contributed by atoms with Crippen LogP contribution in [0, 0.1) is 0 Å². The van der Waals surface area contributed by atoms with Crippen molar-refractivity contribution in [2.24, 2.45) is 0 Å². The molecule has 0 aliphatic carbocycles. The average molecular weight is 421 g/mol. The molecule has 2 aromatic rings. The van der Waals surface area contributed by atoms with E-state index in [1.54, 1.807) is 12.1 Å². The van der Waals surface area contributed by atoms with E-state index in [0.717, 1.165) is 13.7 Å². The first-order chi connectivity index (χ1) is 13.8. The molecule has 1 heterocycles. The topological polar surface area (TPSA) is 104 Å². The number of aromatic nitrogens is 3. The van der Waals surface area contributed by atoms with Crippen LogP contribution in [0.4, 0.5) is 5.69 Å². The molecule has 0 unspecified atom stereocenters. The molecule has 10 heteroatoms. The van der Waals surface area contributed by atoms with E-state index >= 15 is 0 Å². The molecule has 0 fully saturated rings. The smallest absolute Gasteiger partial charge is 0.336 e. The van der Waals surface area contributed by atoms with Crippen LogP contribution in [0.5, 0.6) is 5.75 Å². The average Bonchev–Trinajstić information content (AvgIpc) is 2.68. The van der Waals surface area contributed by atoms with Gasteiger partial charge >= 0.3 is 17.1 Å². The largest absolute Gasteiger partial charge is 0.495 e. The maximum absolute atomic E-state index is 12.5. The highest BCUT2D eigenvalue weighted by Crippen LogP contribution is 2.27. The molecule has 0 bridgehead atoms. The van der Waals surface area contributed by atoms with Crippen molar-refractivity contribution in [2.75, 3.05) is 12.4 Å². The minimum Gasteiger partial charge on any atom is -0.495 e. The highest BCUT2D eigenvalue weighted by molar-refractivity contribution is 6.31. The Morgan fingerprint density at radius 2 is 1.62 bits per heavy atom. The summed E-state index contributed by atoms with van der Waals surface area (Å²) >= 11 is 5.94. The number of nitrogens with zero attached hydrogens (tertiary/aromatic N) is 3. The fourth-order valence-electron chi connectivity index (χ4n) is 2.65. The number of anilines is 1. The maximum Gasteiger partial charge on any atom is 0.336 e. The van der Waals surface area contributed by atoms with E-state index in [4.69, 9.17) is 16.3 Å². The number of carbonyl (C=O) groups excluding carboxylic acids is 1. The van der Waals surface area contributed by atoms with Gasteiger partial charge in [-0.1, -0.05) is 23.8 Å². The first-order valence-electron chi connectivity index (χ1n) is 8.63. The lowest BCUT2D eigenvalue weighted by Crippen LogP contribution is -2.54. The van der Waals surface area contributed by atoms with Crippen LogP contribution in [0.1, 0.15) is 6.42 Å². The summed E-state index contributed by atoms with van der Waals surface area (Å²) in [6, 6.07) is 4.73. The van der Waals surface area contributed by atoms with Gasteiger partial charge in [-0.05, 0) is 18.2 Å². The molecule has 0 saturated carbocycles. The van der Waals surface area contributed by atoms with E-state index < -0.39 is 23.0 Å². The molecular weight excluding hydrogens is 400 g/mol. The molecule has 154 valence electrons. The second kappa shape index (κ2) is 9.74. The number of allylic oxidation sites excluding steroid dienone is 2. The zero-order valence-electron chi connectivity index (χ0n) is 15.9. The van der Waals surface area contributed by atoms with Crippen LogP contribution < -0.4 is 27.1 Å². The first kappa shape index (κ1) is 22.0. The Kier molecular flexibility index (Phi) is 7.38. The minimum atomic E-state index is -0.812. The number of carbonyl (C=O) groups is 1. The summed E-state index contributed by atoms with van der Waals surface area (Å²) in [7, 11) is 1.45.